The number of guanidine groups is 1. The summed E-state index contributed by atoms with van der Waals surface area (Å²) in [5.41, 5.74) is 1.04. The largest absolute Gasteiger partial charge is 0.357 e. The van der Waals surface area contributed by atoms with E-state index < -0.39 is 0 Å². The number of benzene rings is 1. The van der Waals surface area contributed by atoms with Crippen LogP contribution < -0.4 is 10.6 Å². The molecule has 0 fully saturated rings. The standard InChI is InChI=1S/C18H26N4S2/c1-4-17-22-15(13-23-17)12-21-18(19-5-2)20-11-14(3)24-16-9-7-6-8-10-16/h6-10,13-14H,4-5,11-12H2,1-3H3,(H2,19,20,21). The fourth-order valence-corrected chi connectivity index (χ4v) is 3.78. The Bertz CT molecular complexity index is 625. The van der Waals surface area contributed by atoms with E-state index in [1.54, 1.807) is 11.3 Å². The van der Waals surface area contributed by atoms with Gasteiger partial charge in [0.1, 0.15) is 0 Å². The van der Waals surface area contributed by atoms with Crippen molar-refractivity contribution in [3.63, 3.8) is 0 Å². The lowest BCUT2D eigenvalue weighted by Crippen LogP contribution is -2.40. The molecule has 4 nitrogen and oxygen atoms in total. The summed E-state index contributed by atoms with van der Waals surface area (Å²) < 4.78 is 0. The molecule has 0 saturated carbocycles. The van der Waals surface area contributed by atoms with Crippen LogP contribution in [-0.2, 0) is 13.0 Å². The Hall–Kier alpha value is -1.53. The second-order valence-corrected chi connectivity index (χ2v) is 7.86. The quantitative estimate of drug-likeness (QED) is 0.424. The van der Waals surface area contributed by atoms with Gasteiger partial charge in [0.15, 0.2) is 5.96 Å². The van der Waals surface area contributed by atoms with Crippen molar-refractivity contribution in [1.82, 2.24) is 15.6 Å². The number of aliphatic imine (C=N–C) groups is 1. The number of hydrogen-bond donors (Lipinski definition) is 2. The summed E-state index contributed by atoms with van der Waals surface area (Å²) in [5, 5.41) is 10.5. The fourth-order valence-electron chi connectivity index (χ4n) is 2.10. The van der Waals surface area contributed by atoms with Gasteiger partial charge in [0.25, 0.3) is 0 Å². The molecule has 1 aromatic heterocycles. The summed E-state index contributed by atoms with van der Waals surface area (Å²) in [4.78, 5) is 10.5. The molecule has 24 heavy (non-hydrogen) atoms. The van der Waals surface area contributed by atoms with Gasteiger partial charge in [-0.1, -0.05) is 32.0 Å². The SMILES string of the molecule is CCNC(=NCc1csc(CC)n1)NCC(C)Sc1ccccc1. The third-order valence-corrected chi connectivity index (χ3v) is 5.44. The van der Waals surface area contributed by atoms with Crippen LogP contribution in [0.2, 0.25) is 0 Å². The Balaban J connectivity index is 1.84. The van der Waals surface area contributed by atoms with Crippen molar-refractivity contribution in [2.24, 2.45) is 4.99 Å². The number of rotatable bonds is 8. The van der Waals surface area contributed by atoms with Gasteiger partial charge >= 0.3 is 0 Å². The third-order valence-electron chi connectivity index (χ3n) is 3.28. The average molecular weight is 363 g/mol. The second-order valence-electron chi connectivity index (χ2n) is 5.40. The molecular weight excluding hydrogens is 336 g/mol. The van der Waals surface area contributed by atoms with E-state index in [4.69, 9.17) is 0 Å². The highest BCUT2D eigenvalue weighted by Crippen LogP contribution is 2.21. The molecule has 130 valence electrons. The van der Waals surface area contributed by atoms with Gasteiger partial charge in [-0.3, -0.25) is 0 Å². The van der Waals surface area contributed by atoms with E-state index in [1.807, 2.05) is 17.8 Å². The molecule has 2 aromatic rings. The lowest BCUT2D eigenvalue weighted by Gasteiger charge is -2.15. The first-order chi connectivity index (χ1) is 11.7. The van der Waals surface area contributed by atoms with Crippen LogP contribution in [0.25, 0.3) is 0 Å². The molecule has 0 spiro atoms. The minimum Gasteiger partial charge on any atom is -0.357 e. The van der Waals surface area contributed by atoms with Gasteiger partial charge < -0.3 is 10.6 Å². The van der Waals surface area contributed by atoms with Crippen LogP contribution in [-0.4, -0.2) is 29.3 Å². The lowest BCUT2D eigenvalue weighted by molar-refractivity contribution is 0.792. The van der Waals surface area contributed by atoms with Crippen LogP contribution in [0.5, 0.6) is 0 Å². The van der Waals surface area contributed by atoms with E-state index in [-0.39, 0.29) is 0 Å². The topological polar surface area (TPSA) is 49.3 Å². The van der Waals surface area contributed by atoms with Crippen molar-refractivity contribution in [2.45, 2.75) is 43.9 Å². The smallest absolute Gasteiger partial charge is 0.191 e. The Morgan fingerprint density at radius 3 is 2.71 bits per heavy atom. The van der Waals surface area contributed by atoms with Crippen molar-refractivity contribution in [3.05, 3.63) is 46.4 Å². The summed E-state index contributed by atoms with van der Waals surface area (Å²) in [6.07, 6.45) is 0.987. The molecule has 0 aliphatic carbocycles. The van der Waals surface area contributed by atoms with Crippen molar-refractivity contribution in [1.29, 1.82) is 0 Å². The van der Waals surface area contributed by atoms with Crippen LogP contribution in [0.1, 0.15) is 31.5 Å². The first-order valence-electron chi connectivity index (χ1n) is 8.38. The Kier molecular flexibility index (Phi) is 8.12. The van der Waals surface area contributed by atoms with Crippen LogP contribution in [0.4, 0.5) is 0 Å². The van der Waals surface area contributed by atoms with E-state index in [0.717, 1.165) is 31.2 Å². The fraction of sp³-hybridized carbons (Fsp3) is 0.444. The molecule has 6 heteroatoms. The zero-order valence-corrected chi connectivity index (χ0v) is 16.2. The summed E-state index contributed by atoms with van der Waals surface area (Å²) in [5.74, 6) is 0.851. The van der Waals surface area contributed by atoms with Gasteiger partial charge in [0.05, 0.1) is 17.2 Å². The molecule has 0 amide bonds. The summed E-state index contributed by atoms with van der Waals surface area (Å²) in [6.45, 7) is 8.76. The highest BCUT2D eigenvalue weighted by Gasteiger charge is 2.06. The lowest BCUT2D eigenvalue weighted by atomic mass is 10.4. The zero-order valence-electron chi connectivity index (χ0n) is 14.6. The predicted octanol–water partition coefficient (Wildman–Crippen LogP) is 3.94. The maximum Gasteiger partial charge on any atom is 0.191 e. The van der Waals surface area contributed by atoms with Crippen LogP contribution >= 0.6 is 23.1 Å². The van der Waals surface area contributed by atoms with Gasteiger partial charge in [-0.2, -0.15) is 0 Å². The van der Waals surface area contributed by atoms with Crippen LogP contribution in [0.3, 0.4) is 0 Å². The summed E-state index contributed by atoms with van der Waals surface area (Å²) in [7, 11) is 0. The molecule has 1 atom stereocenters. The number of aromatic nitrogens is 1. The minimum absolute atomic E-state index is 0.460. The van der Waals surface area contributed by atoms with Gasteiger partial charge in [0, 0.05) is 28.6 Å². The molecule has 1 heterocycles. The van der Waals surface area contributed by atoms with Crippen molar-refractivity contribution >= 4 is 29.1 Å². The van der Waals surface area contributed by atoms with Crippen LogP contribution in [0, 0.1) is 0 Å². The normalized spacial score (nSPS) is 12.9. The van der Waals surface area contributed by atoms with E-state index in [0.29, 0.717) is 11.8 Å². The number of aryl methyl sites for hydroxylation is 1. The van der Waals surface area contributed by atoms with Gasteiger partial charge in [0.2, 0.25) is 0 Å². The Morgan fingerprint density at radius 2 is 2.04 bits per heavy atom. The number of nitrogens with zero attached hydrogens (tertiary/aromatic N) is 2. The first kappa shape index (κ1) is 18.8. The molecule has 0 aliphatic heterocycles. The predicted molar refractivity (Wildman–Crippen MR) is 106 cm³/mol. The van der Waals surface area contributed by atoms with Gasteiger partial charge in [-0.05, 0) is 25.5 Å². The van der Waals surface area contributed by atoms with Gasteiger partial charge in [-0.25, -0.2) is 9.98 Å². The molecule has 0 radical (unpaired) electrons. The number of nitrogens with one attached hydrogen (secondary N) is 2. The molecule has 0 aliphatic rings. The maximum absolute atomic E-state index is 4.64. The number of thiazole rings is 1. The van der Waals surface area contributed by atoms with Gasteiger partial charge in [-0.15, -0.1) is 23.1 Å². The molecule has 1 aromatic carbocycles. The zero-order chi connectivity index (χ0) is 17.2. The highest BCUT2D eigenvalue weighted by molar-refractivity contribution is 8.00. The van der Waals surface area contributed by atoms with Crippen molar-refractivity contribution in [2.75, 3.05) is 13.1 Å². The van der Waals surface area contributed by atoms with E-state index in [2.05, 4.69) is 71.0 Å². The van der Waals surface area contributed by atoms with Crippen LogP contribution in [0.15, 0.2) is 45.6 Å². The number of thioether (sulfide) groups is 1. The number of hydrogen-bond acceptors (Lipinski definition) is 4. The molecular formula is C18H26N4S2. The van der Waals surface area contributed by atoms with E-state index in [1.165, 1.54) is 9.90 Å². The first-order valence-corrected chi connectivity index (χ1v) is 10.1. The van der Waals surface area contributed by atoms with Crippen molar-refractivity contribution in [3.8, 4) is 0 Å². The monoisotopic (exact) mass is 362 g/mol. The third kappa shape index (κ3) is 6.53. The minimum atomic E-state index is 0.460. The molecule has 0 saturated heterocycles. The molecule has 1 unspecified atom stereocenters. The molecule has 2 N–H and O–H groups in total. The Labute approximate surface area is 153 Å². The maximum atomic E-state index is 4.64. The van der Waals surface area contributed by atoms with E-state index >= 15 is 0 Å². The summed E-state index contributed by atoms with van der Waals surface area (Å²) >= 11 is 3.58. The summed E-state index contributed by atoms with van der Waals surface area (Å²) in [6, 6.07) is 10.5. The van der Waals surface area contributed by atoms with Crippen molar-refractivity contribution < 1.29 is 0 Å². The second kappa shape index (κ2) is 10.4. The average Bonchev–Trinajstić information content (AvgIpc) is 3.06. The molecule has 0 bridgehead atoms. The molecule has 2 rings (SSSR count). The highest BCUT2D eigenvalue weighted by atomic mass is 32.2. The van der Waals surface area contributed by atoms with E-state index in [9.17, 15) is 0 Å². The Morgan fingerprint density at radius 1 is 1.25 bits per heavy atom.